The van der Waals surface area contributed by atoms with Gasteiger partial charge in [0.05, 0.1) is 13.2 Å². The van der Waals surface area contributed by atoms with Crippen LogP contribution < -0.4 is 4.74 Å². The number of nitrogens with zero attached hydrogens (tertiary/aromatic N) is 1. The summed E-state index contributed by atoms with van der Waals surface area (Å²) in [6.45, 7) is 2.87. The van der Waals surface area contributed by atoms with Gasteiger partial charge in [0.1, 0.15) is 11.4 Å². The Labute approximate surface area is 131 Å². The monoisotopic (exact) mass is 298 g/mol. The molecule has 0 radical (unpaired) electrons. The molecule has 116 valence electrons. The van der Waals surface area contributed by atoms with Crippen LogP contribution in [0.3, 0.4) is 0 Å². The van der Waals surface area contributed by atoms with Gasteiger partial charge in [0.15, 0.2) is 0 Å². The Morgan fingerprint density at radius 2 is 2.14 bits per heavy atom. The van der Waals surface area contributed by atoms with E-state index in [1.165, 1.54) is 0 Å². The van der Waals surface area contributed by atoms with Crippen LogP contribution in [-0.4, -0.2) is 29.4 Å². The molecule has 1 atom stereocenters. The van der Waals surface area contributed by atoms with Crippen molar-refractivity contribution in [2.24, 2.45) is 0 Å². The van der Waals surface area contributed by atoms with Crippen LogP contribution >= 0.6 is 0 Å². The number of hydrogen-bond donors (Lipinski definition) is 1. The minimum atomic E-state index is 0.0770. The first-order valence-electron chi connectivity index (χ1n) is 7.86. The van der Waals surface area contributed by atoms with Gasteiger partial charge >= 0.3 is 0 Å². The highest BCUT2D eigenvalue weighted by Gasteiger charge is 2.32. The summed E-state index contributed by atoms with van der Waals surface area (Å²) < 4.78 is 5.47. The molecule has 0 aliphatic carbocycles. The van der Waals surface area contributed by atoms with Gasteiger partial charge in [-0.15, -0.1) is 0 Å². The summed E-state index contributed by atoms with van der Waals surface area (Å²) in [5.41, 5.74) is 2.87. The van der Waals surface area contributed by atoms with E-state index in [0.717, 1.165) is 42.8 Å². The van der Waals surface area contributed by atoms with Gasteiger partial charge in [-0.05, 0) is 37.5 Å². The summed E-state index contributed by atoms with van der Waals surface area (Å²) in [6.07, 6.45) is 2.91. The van der Waals surface area contributed by atoms with E-state index in [1.54, 1.807) is 7.11 Å². The fourth-order valence-corrected chi connectivity index (χ4v) is 3.20. The number of likely N-dealkylation sites (tertiary alicyclic amines) is 1. The highest BCUT2D eigenvalue weighted by molar-refractivity contribution is 5.93. The van der Waals surface area contributed by atoms with Crippen molar-refractivity contribution >= 4 is 5.91 Å². The number of methoxy groups -OCH3 is 1. The van der Waals surface area contributed by atoms with Crippen molar-refractivity contribution in [3.8, 4) is 5.75 Å². The van der Waals surface area contributed by atoms with Gasteiger partial charge in [0.2, 0.25) is 0 Å². The smallest absolute Gasteiger partial charge is 0.270 e. The topological polar surface area (TPSA) is 45.3 Å². The summed E-state index contributed by atoms with van der Waals surface area (Å²) in [6, 6.07) is 11.9. The maximum atomic E-state index is 12.8. The number of aryl methyl sites for hydroxylation is 1. The van der Waals surface area contributed by atoms with Crippen LogP contribution in [0.4, 0.5) is 0 Å². The van der Waals surface area contributed by atoms with E-state index in [9.17, 15) is 4.79 Å². The van der Waals surface area contributed by atoms with Crippen LogP contribution in [-0.2, 0) is 6.42 Å². The predicted molar refractivity (Wildman–Crippen MR) is 86.2 cm³/mol. The molecule has 1 saturated heterocycles. The van der Waals surface area contributed by atoms with Crippen molar-refractivity contribution in [3.05, 3.63) is 53.3 Å². The average molecular weight is 298 g/mol. The normalized spacial score (nSPS) is 17.7. The van der Waals surface area contributed by atoms with Crippen LogP contribution in [0.25, 0.3) is 0 Å². The second-order valence-electron chi connectivity index (χ2n) is 5.65. The van der Waals surface area contributed by atoms with Crippen molar-refractivity contribution in [2.75, 3.05) is 13.7 Å². The van der Waals surface area contributed by atoms with E-state index in [2.05, 4.69) is 18.0 Å². The van der Waals surface area contributed by atoms with E-state index in [-0.39, 0.29) is 11.9 Å². The number of rotatable bonds is 4. The summed E-state index contributed by atoms with van der Waals surface area (Å²) in [5, 5.41) is 0. The second kappa shape index (κ2) is 6.26. The Balaban J connectivity index is 1.88. The maximum absolute atomic E-state index is 12.8. The number of para-hydroxylation sites is 1. The number of aromatic amines is 1. The number of benzene rings is 1. The van der Waals surface area contributed by atoms with E-state index in [4.69, 9.17) is 4.74 Å². The van der Waals surface area contributed by atoms with Crippen molar-refractivity contribution in [1.82, 2.24) is 9.88 Å². The van der Waals surface area contributed by atoms with E-state index in [0.29, 0.717) is 5.69 Å². The van der Waals surface area contributed by atoms with Crippen molar-refractivity contribution in [3.63, 3.8) is 0 Å². The summed E-state index contributed by atoms with van der Waals surface area (Å²) in [7, 11) is 1.68. The first kappa shape index (κ1) is 14.7. The van der Waals surface area contributed by atoms with Gasteiger partial charge in [-0.1, -0.05) is 25.1 Å². The zero-order valence-corrected chi connectivity index (χ0v) is 13.1. The molecule has 1 aromatic carbocycles. The van der Waals surface area contributed by atoms with Crippen LogP contribution in [0.1, 0.15) is 47.6 Å². The Kier molecular flexibility index (Phi) is 4.18. The molecule has 1 fully saturated rings. The molecule has 3 rings (SSSR count). The minimum Gasteiger partial charge on any atom is -0.496 e. The van der Waals surface area contributed by atoms with Crippen LogP contribution in [0, 0.1) is 0 Å². The van der Waals surface area contributed by atoms with Gasteiger partial charge in [-0.25, -0.2) is 0 Å². The fourth-order valence-electron chi connectivity index (χ4n) is 3.20. The molecule has 1 amide bonds. The third kappa shape index (κ3) is 2.61. The lowest BCUT2D eigenvalue weighted by molar-refractivity contribution is 0.0728. The van der Waals surface area contributed by atoms with E-state index in [1.807, 2.05) is 35.2 Å². The van der Waals surface area contributed by atoms with Gasteiger partial charge in [-0.3, -0.25) is 4.79 Å². The number of amides is 1. The first-order valence-corrected chi connectivity index (χ1v) is 7.86. The molecule has 1 aromatic heterocycles. The third-order valence-electron chi connectivity index (χ3n) is 4.37. The van der Waals surface area contributed by atoms with Crippen molar-refractivity contribution < 1.29 is 9.53 Å². The molecule has 1 aliphatic heterocycles. The summed E-state index contributed by atoms with van der Waals surface area (Å²) in [5.74, 6) is 0.932. The standard InChI is InChI=1S/C18H22N2O2/c1-3-13-10-11-15(19-13)18(21)20-12-6-8-16(20)14-7-4-5-9-17(14)22-2/h4-5,7,9-11,16,19H,3,6,8,12H2,1-2H3. The molecule has 2 heterocycles. The van der Waals surface area contributed by atoms with E-state index >= 15 is 0 Å². The number of nitrogens with one attached hydrogen (secondary N) is 1. The molecule has 1 N–H and O–H groups in total. The predicted octanol–water partition coefficient (Wildman–Crippen LogP) is 3.56. The molecule has 1 unspecified atom stereocenters. The molecule has 0 bridgehead atoms. The molecular formula is C18H22N2O2. The number of H-pyrrole nitrogens is 1. The van der Waals surface area contributed by atoms with E-state index < -0.39 is 0 Å². The summed E-state index contributed by atoms with van der Waals surface area (Å²) >= 11 is 0. The Hall–Kier alpha value is -2.23. The van der Waals surface area contributed by atoms with Gasteiger partial charge in [0.25, 0.3) is 5.91 Å². The molecule has 4 nitrogen and oxygen atoms in total. The SMILES string of the molecule is CCc1ccc(C(=O)N2CCCC2c2ccccc2OC)[nH]1. The number of aromatic nitrogens is 1. The lowest BCUT2D eigenvalue weighted by Gasteiger charge is -2.26. The number of carbonyl (C=O) groups is 1. The number of ether oxygens (including phenoxy) is 1. The molecule has 0 saturated carbocycles. The Morgan fingerprint density at radius 1 is 1.32 bits per heavy atom. The van der Waals surface area contributed by atoms with Gasteiger partial charge < -0.3 is 14.6 Å². The zero-order valence-electron chi connectivity index (χ0n) is 13.1. The number of carbonyl (C=O) groups excluding carboxylic acids is 1. The van der Waals surface area contributed by atoms with Crippen LogP contribution in [0.5, 0.6) is 5.75 Å². The average Bonchev–Trinajstić information content (AvgIpc) is 3.23. The van der Waals surface area contributed by atoms with Crippen LogP contribution in [0.15, 0.2) is 36.4 Å². The maximum Gasteiger partial charge on any atom is 0.270 e. The molecule has 4 heteroatoms. The lowest BCUT2D eigenvalue weighted by atomic mass is 10.0. The Bertz CT molecular complexity index is 663. The van der Waals surface area contributed by atoms with Crippen LogP contribution in [0.2, 0.25) is 0 Å². The second-order valence-corrected chi connectivity index (χ2v) is 5.65. The quantitative estimate of drug-likeness (QED) is 0.938. The molecule has 1 aliphatic rings. The lowest BCUT2D eigenvalue weighted by Crippen LogP contribution is -2.31. The fraction of sp³-hybridized carbons (Fsp3) is 0.389. The third-order valence-corrected chi connectivity index (χ3v) is 4.37. The Morgan fingerprint density at radius 3 is 2.86 bits per heavy atom. The molecule has 2 aromatic rings. The van der Waals surface area contributed by atoms with Gasteiger partial charge in [0, 0.05) is 17.8 Å². The van der Waals surface area contributed by atoms with Gasteiger partial charge in [-0.2, -0.15) is 0 Å². The van der Waals surface area contributed by atoms with Crippen molar-refractivity contribution in [2.45, 2.75) is 32.2 Å². The largest absolute Gasteiger partial charge is 0.496 e. The zero-order chi connectivity index (χ0) is 15.5. The number of hydrogen-bond acceptors (Lipinski definition) is 2. The molecule has 22 heavy (non-hydrogen) atoms. The van der Waals surface area contributed by atoms with Crippen molar-refractivity contribution in [1.29, 1.82) is 0 Å². The molecular weight excluding hydrogens is 276 g/mol. The highest BCUT2D eigenvalue weighted by Crippen LogP contribution is 2.37. The summed E-state index contributed by atoms with van der Waals surface area (Å²) in [4.78, 5) is 18.0. The molecule has 0 spiro atoms. The highest BCUT2D eigenvalue weighted by atomic mass is 16.5. The minimum absolute atomic E-state index is 0.0770. The first-order chi connectivity index (χ1) is 10.7.